The molecule has 3 rings (SSSR count). The van der Waals surface area contributed by atoms with Gasteiger partial charge in [-0.2, -0.15) is 0 Å². The van der Waals surface area contributed by atoms with Gasteiger partial charge in [-0.25, -0.2) is 0 Å². The highest BCUT2D eigenvalue weighted by Gasteiger charge is 2.43. The molecular weight excluding hydrogens is 238 g/mol. The summed E-state index contributed by atoms with van der Waals surface area (Å²) in [6.07, 6.45) is 1.87. The first-order valence-electron chi connectivity index (χ1n) is 6.83. The maximum absolute atomic E-state index is 12.5. The van der Waals surface area contributed by atoms with Gasteiger partial charge in [-0.05, 0) is 50.3 Å². The minimum Gasteiger partial charge on any atom is -0.509 e. The van der Waals surface area contributed by atoms with Gasteiger partial charge in [0.15, 0.2) is 0 Å². The second kappa shape index (κ2) is 4.12. The molecule has 3 nitrogen and oxygen atoms in total. The van der Waals surface area contributed by atoms with Gasteiger partial charge in [0.2, 0.25) is 0 Å². The van der Waals surface area contributed by atoms with Crippen LogP contribution in [0.15, 0.2) is 17.9 Å². The molecular formula is C16H19NO2. The number of rotatable bonds is 1. The van der Waals surface area contributed by atoms with Crippen LogP contribution in [0, 0.1) is 20.8 Å². The number of fused-ring (bicyclic) bond motifs is 1. The Kier molecular flexibility index (Phi) is 2.66. The molecule has 0 aliphatic carbocycles. The van der Waals surface area contributed by atoms with Crippen molar-refractivity contribution < 1.29 is 9.90 Å². The van der Waals surface area contributed by atoms with E-state index in [0.29, 0.717) is 5.57 Å². The van der Waals surface area contributed by atoms with Crippen LogP contribution >= 0.6 is 0 Å². The quantitative estimate of drug-likeness (QED) is 0.840. The van der Waals surface area contributed by atoms with E-state index in [1.54, 1.807) is 0 Å². The molecule has 0 bridgehead atoms. The smallest absolute Gasteiger partial charge is 0.258 e. The van der Waals surface area contributed by atoms with Crippen LogP contribution in [0.3, 0.4) is 0 Å². The molecule has 2 aliphatic rings. The van der Waals surface area contributed by atoms with Gasteiger partial charge in [-0.1, -0.05) is 17.7 Å². The first-order valence-corrected chi connectivity index (χ1v) is 6.83. The number of aliphatic hydroxyl groups is 1. The van der Waals surface area contributed by atoms with Gasteiger partial charge in [-0.15, -0.1) is 0 Å². The fourth-order valence-electron chi connectivity index (χ4n) is 3.52. The zero-order valence-electron chi connectivity index (χ0n) is 11.7. The molecule has 1 aromatic carbocycles. The van der Waals surface area contributed by atoms with Gasteiger partial charge in [-0.3, -0.25) is 4.79 Å². The predicted octanol–water partition coefficient (Wildman–Crippen LogP) is 2.89. The van der Waals surface area contributed by atoms with Gasteiger partial charge >= 0.3 is 0 Å². The monoisotopic (exact) mass is 257 g/mol. The molecule has 0 spiro atoms. The zero-order valence-corrected chi connectivity index (χ0v) is 11.7. The molecule has 1 aromatic rings. The third kappa shape index (κ3) is 1.68. The molecule has 1 fully saturated rings. The van der Waals surface area contributed by atoms with Crippen molar-refractivity contribution in [1.82, 2.24) is 4.90 Å². The molecule has 1 unspecified atom stereocenters. The largest absolute Gasteiger partial charge is 0.509 e. The summed E-state index contributed by atoms with van der Waals surface area (Å²) in [5.41, 5.74) is 4.76. The lowest BCUT2D eigenvalue weighted by Gasteiger charge is -2.16. The Hall–Kier alpha value is -1.77. The molecule has 2 aliphatic heterocycles. The van der Waals surface area contributed by atoms with E-state index >= 15 is 0 Å². The van der Waals surface area contributed by atoms with Gasteiger partial charge in [0.25, 0.3) is 5.91 Å². The molecule has 1 saturated heterocycles. The van der Waals surface area contributed by atoms with E-state index in [1.807, 2.05) is 25.7 Å². The van der Waals surface area contributed by atoms with E-state index in [9.17, 15) is 9.90 Å². The average molecular weight is 257 g/mol. The first kappa shape index (κ1) is 12.3. The molecule has 0 radical (unpaired) electrons. The van der Waals surface area contributed by atoms with Crippen LogP contribution in [0.5, 0.6) is 0 Å². The van der Waals surface area contributed by atoms with Crippen molar-refractivity contribution in [2.45, 2.75) is 39.7 Å². The summed E-state index contributed by atoms with van der Waals surface area (Å²) in [5.74, 6) is 0.271. The first-order chi connectivity index (χ1) is 9.00. The summed E-state index contributed by atoms with van der Waals surface area (Å²) in [4.78, 5) is 14.3. The molecule has 0 saturated carbocycles. The topological polar surface area (TPSA) is 40.5 Å². The summed E-state index contributed by atoms with van der Waals surface area (Å²) in [7, 11) is 0. The van der Waals surface area contributed by atoms with E-state index in [4.69, 9.17) is 0 Å². The van der Waals surface area contributed by atoms with E-state index in [1.165, 1.54) is 5.56 Å². The lowest BCUT2D eigenvalue weighted by atomic mass is 9.92. The Balaban J connectivity index is 2.17. The zero-order chi connectivity index (χ0) is 13.7. The summed E-state index contributed by atoms with van der Waals surface area (Å²) >= 11 is 0. The van der Waals surface area contributed by atoms with Crippen LogP contribution in [0.1, 0.15) is 35.1 Å². The third-order valence-corrected chi connectivity index (χ3v) is 4.23. The van der Waals surface area contributed by atoms with Crippen molar-refractivity contribution in [3.63, 3.8) is 0 Å². The molecule has 0 aromatic heterocycles. The molecule has 100 valence electrons. The van der Waals surface area contributed by atoms with Gasteiger partial charge < -0.3 is 10.0 Å². The Morgan fingerprint density at radius 2 is 1.84 bits per heavy atom. The average Bonchev–Trinajstić information content (AvgIpc) is 2.87. The summed E-state index contributed by atoms with van der Waals surface area (Å²) in [6, 6.07) is 4.06. The fourth-order valence-corrected chi connectivity index (χ4v) is 3.52. The molecule has 3 heteroatoms. The van der Waals surface area contributed by atoms with Crippen LogP contribution in [0.25, 0.3) is 5.57 Å². The number of hydrogen-bond donors (Lipinski definition) is 1. The number of carbonyl (C=O) groups excluding carboxylic acids is 1. The molecule has 2 heterocycles. The van der Waals surface area contributed by atoms with Crippen LogP contribution in [-0.2, 0) is 4.79 Å². The number of carbonyl (C=O) groups is 1. The van der Waals surface area contributed by atoms with Crippen LogP contribution in [0.4, 0.5) is 0 Å². The predicted molar refractivity (Wildman–Crippen MR) is 74.9 cm³/mol. The summed E-state index contributed by atoms with van der Waals surface area (Å²) < 4.78 is 0. The fraction of sp³-hybridized carbons (Fsp3) is 0.438. The number of amides is 1. The lowest BCUT2D eigenvalue weighted by Crippen LogP contribution is -2.29. The Morgan fingerprint density at radius 1 is 1.21 bits per heavy atom. The maximum atomic E-state index is 12.5. The van der Waals surface area contributed by atoms with Crippen molar-refractivity contribution >= 4 is 11.5 Å². The van der Waals surface area contributed by atoms with Crippen molar-refractivity contribution in [3.8, 4) is 0 Å². The highest BCUT2D eigenvalue weighted by atomic mass is 16.3. The minimum absolute atomic E-state index is 0.00458. The van der Waals surface area contributed by atoms with E-state index in [0.717, 1.165) is 36.1 Å². The number of benzene rings is 1. The minimum atomic E-state index is -0.0809. The van der Waals surface area contributed by atoms with Crippen LogP contribution in [-0.4, -0.2) is 28.5 Å². The highest BCUT2D eigenvalue weighted by molar-refractivity contribution is 6.23. The summed E-state index contributed by atoms with van der Waals surface area (Å²) in [6.45, 7) is 6.83. The molecule has 1 atom stereocenters. The number of aliphatic hydroxyl groups excluding tert-OH is 1. The normalized spacial score (nSPS) is 22.4. The third-order valence-electron chi connectivity index (χ3n) is 4.23. The van der Waals surface area contributed by atoms with Crippen molar-refractivity contribution in [1.29, 1.82) is 0 Å². The van der Waals surface area contributed by atoms with E-state index in [2.05, 4.69) is 12.1 Å². The number of aryl methyl sites for hydroxylation is 3. The van der Waals surface area contributed by atoms with Crippen LogP contribution < -0.4 is 0 Å². The van der Waals surface area contributed by atoms with Gasteiger partial charge in [0.1, 0.15) is 5.76 Å². The molecule has 1 N–H and O–H groups in total. The maximum Gasteiger partial charge on any atom is 0.258 e. The summed E-state index contributed by atoms with van der Waals surface area (Å²) in [5, 5.41) is 10.4. The Morgan fingerprint density at radius 3 is 2.42 bits per heavy atom. The second-order valence-corrected chi connectivity index (χ2v) is 5.69. The van der Waals surface area contributed by atoms with Crippen molar-refractivity contribution in [2.75, 3.05) is 6.54 Å². The van der Waals surface area contributed by atoms with Crippen molar-refractivity contribution in [3.05, 3.63) is 40.1 Å². The Bertz CT molecular complexity index is 578. The molecule has 19 heavy (non-hydrogen) atoms. The van der Waals surface area contributed by atoms with E-state index < -0.39 is 0 Å². The van der Waals surface area contributed by atoms with Gasteiger partial charge in [0, 0.05) is 6.54 Å². The van der Waals surface area contributed by atoms with E-state index in [-0.39, 0.29) is 17.7 Å². The van der Waals surface area contributed by atoms with Crippen molar-refractivity contribution in [2.24, 2.45) is 0 Å². The standard InChI is InChI=1S/C16H19NO2/c1-9-7-10(2)13(11(3)8-9)14-15(18)12-5-4-6-17(12)16(14)19/h7-8,12,18H,4-6H2,1-3H3. The second-order valence-electron chi connectivity index (χ2n) is 5.69. The van der Waals surface area contributed by atoms with Gasteiger partial charge in [0.05, 0.1) is 11.6 Å². The van der Waals surface area contributed by atoms with Crippen LogP contribution in [0.2, 0.25) is 0 Å². The lowest BCUT2D eigenvalue weighted by molar-refractivity contribution is -0.124. The Labute approximate surface area is 113 Å². The SMILES string of the molecule is Cc1cc(C)c(C2=C(O)C3CCCN3C2=O)c(C)c1. The number of nitrogens with zero attached hydrogens (tertiary/aromatic N) is 1. The number of hydrogen-bond acceptors (Lipinski definition) is 2. The highest BCUT2D eigenvalue weighted by Crippen LogP contribution is 2.39. The molecule has 1 amide bonds.